The molecule has 0 spiro atoms. The number of aromatic amines is 1. The Morgan fingerprint density at radius 3 is 2.49 bits per heavy atom. The van der Waals surface area contributed by atoms with Gasteiger partial charge in [0.1, 0.15) is 29.6 Å². The third-order valence-corrected chi connectivity index (χ3v) is 6.42. The molecule has 0 aliphatic heterocycles. The highest BCUT2D eigenvalue weighted by Gasteiger charge is 2.14. The number of ketones is 1. The van der Waals surface area contributed by atoms with Gasteiger partial charge < -0.3 is 19.8 Å². The maximum Gasteiger partial charge on any atom is 0.325 e. The number of carbonyl (C=O) groups is 3. The van der Waals surface area contributed by atoms with E-state index in [0.717, 1.165) is 11.6 Å². The minimum Gasteiger partial charge on any atom is -0.487 e. The Labute approximate surface area is 256 Å². The smallest absolute Gasteiger partial charge is 0.325 e. The molecule has 0 saturated heterocycles. The van der Waals surface area contributed by atoms with Gasteiger partial charge in [-0.15, -0.1) is 0 Å². The van der Waals surface area contributed by atoms with Crippen molar-refractivity contribution in [3.8, 4) is 17.2 Å². The van der Waals surface area contributed by atoms with Crippen LogP contribution in [0.3, 0.4) is 0 Å². The molecule has 45 heavy (non-hydrogen) atoms. The van der Waals surface area contributed by atoms with Crippen molar-refractivity contribution >= 4 is 34.4 Å². The number of benzene rings is 3. The molecule has 9 nitrogen and oxygen atoms in total. The highest BCUT2D eigenvalue weighted by molar-refractivity contribution is 6.05. The Hall–Kier alpha value is -5.84. The maximum absolute atomic E-state index is 15.0. The number of imide groups is 1. The number of pyridine rings is 1. The minimum absolute atomic E-state index is 0.0968. The molecule has 0 atom stereocenters. The number of allylic oxidation sites excluding steroid dienone is 2. The lowest BCUT2D eigenvalue weighted by atomic mass is 10.1. The van der Waals surface area contributed by atoms with Crippen molar-refractivity contribution in [2.24, 2.45) is 0 Å². The molecule has 0 fully saturated rings. The molecule has 0 saturated carbocycles. The third kappa shape index (κ3) is 8.17. The van der Waals surface area contributed by atoms with Gasteiger partial charge >= 0.3 is 6.03 Å². The van der Waals surface area contributed by atoms with E-state index in [1.54, 1.807) is 42.5 Å². The predicted octanol–water partition coefficient (Wildman–Crippen LogP) is 7.25. The number of carbonyl (C=O) groups excluding carboxylic acids is 3. The number of halogens is 2. The zero-order chi connectivity index (χ0) is 31.9. The maximum atomic E-state index is 15.0. The van der Waals surface area contributed by atoms with Crippen LogP contribution < -0.4 is 20.1 Å². The quantitative estimate of drug-likeness (QED) is 0.113. The minimum atomic E-state index is -0.848. The number of amides is 3. The summed E-state index contributed by atoms with van der Waals surface area (Å²) in [5.41, 5.74) is 3.22. The second-order valence-corrected chi connectivity index (χ2v) is 10.3. The van der Waals surface area contributed by atoms with Crippen LogP contribution >= 0.6 is 0 Å². The first-order chi connectivity index (χ1) is 21.6. The van der Waals surface area contributed by atoms with E-state index in [1.807, 2.05) is 13.8 Å². The number of urea groups is 1. The van der Waals surface area contributed by atoms with Crippen LogP contribution in [0.25, 0.3) is 11.0 Å². The number of H-pyrrole nitrogens is 1. The van der Waals surface area contributed by atoms with Gasteiger partial charge in [0.15, 0.2) is 17.3 Å². The summed E-state index contributed by atoms with van der Waals surface area (Å²) < 4.78 is 39.8. The summed E-state index contributed by atoms with van der Waals surface area (Å²) >= 11 is 0. The topological polar surface area (TPSA) is 122 Å². The molecular formula is C34H28F2N4O5. The van der Waals surface area contributed by atoms with Crippen LogP contribution in [0, 0.1) is 11.6 Å². The van der Waals surface area contributed by atoms with Crippen molar-refractivity contribution in [1.29, 1.82) is 0 Å². The monoisotopic (exact) mass is 610 g/mol. The lowest BCUT2D eigenvalue weighted by Crippen LogP contribution is -2.35. The molecule has 2 aromatic heterocycles. The standard InChI is InChI=1S/C34H28F2N4O5/c1-20(2)14-29(41)22-4-3-5-26(16-22)44-19-25-17-27-30(12-13-37-33(27)38-25)45-31-11-10-24(18-28(31)36)39-34(43)40-32(42)15-21-6-8-23(35)9-7-21/h3-14,16-18H,15,19H2,1-2H3,(H,37,38)(H2,39,40,42,43). The van der Waals surface area contributed by atoms with E-state index in [9.17, 15) is 23.2 Å². The number of hydrogen-bond donors (Lipinski definition) is 3. The number of ether oxygens (including phenoxy) is 2. The van der Waals surface area contributed by atoms with Crippen molar-refractivity contribution in [3.63, 3.8) is 0 Å². The number of hydrogen-bond acceptors (Lipinski definition) is 6. The van der Waals surface area contributed by atoms with Gasteiger partial charge in [-0.05, 0) is 74.0 Å². The summed E-state index contributed by atoms with van der Waals surface area (Å²) in [7, 11) is 0. The molecular weight excluding hydrogens is 582 g/mol. The second-order valence-electron chi connectivity index (χ2n) is 10.3. The van der Waals surface area contributed by atoms with E-state index in [2.05, 4.69) is 20.6 Å². The molecule has 228 valence electrons. The van der Waals surface area contributed by atoms with Gasteiger partial charge in [0.25, 0.3) is 0 Å². The molecule has 3 amide bonds. The Morgan fingerprint density at radius 1 is 0.933 bits per heavy atom. The largest absolute Gasteiger partial charge is 0.487 e. The van der Waals surface area contributed by atoms with Gasteiger partial charge in [0, 0.05) is 23.5 Å². The third-order valence-electron chi connectivity index (χ3n) is 6.42. The first kappa shape index (κ1) is 30.6. The summed E-state index contributed by atoms with van der Waals surface area (Å²) in [5.74, 6) is -1.15. The normalized spacial score (nSPS) is 10.7. The highest BCUT2D eigenvalue weighted by Crippen LogP contribution is 2.32. The molecule has 5 rings (SSSR count). The average molecular weight is 611 g/mol. The van der Waals surface area contributed by atoms with E-state index in [4.69, 9.17) is 9.47 Å². The SMILES string of the molecule is CC(C)=CC(=O)c1cccc(OCc2cc3c(Oc4ccc(NC(=O)NC(=O)Cc5ccc(F)cc5)cc4F)ccnc3[nH]2)c1. The van der Waals surface area contributed by atoms with Crippen molar-refractivity contribution in [2.75, 3.05) is 5.32 Å². The zero-order valence-electron chi connectivity index (χ0n) is 24.3. The lowest BCUT2D eigenvalue weighted by Gasteiger charge is -2.10. The van der Waals surface area contributed by atoms with Crippen LogP contribution in [0.15, 0.2) is 96.7 Å². The molecule has 0 unspecified atom stereocenters. The Kier molecular flexibility index (Phi) is 9.28. The molecule has 2 heterocycles. The molecule has 11 heteroatoms. The van der Waals surface area contributed by atoms with E-state index in [1.165, 1.54) is 42.6 Å². The highest BCUT2D eigenvalue weighted by atomic mass is 19.1. The first-order valence-electron chi connectivity index (χ1n) is 13.8. The number of anilines is 1. The van der Waals surface area contributed by atoms with Gasteiger partial charge in [-0.2, -0.15) is 0 Å². The van der Waals surface area contributed by atoms with E-state index < -0.39 is 23.6 Å². The number of nitrogens with zero attached hydrogens (tertiary/aromatic N) is 1. The lowest BCUT2D eigenvalue weighted by molar-refractivity contribution is -0.119. The number of fused-ring (bicyclic) bond motifs is 1. The Balaban J connectivity index is 1.21. The van der Waals surface area contributed by atoms with E-state index in [0.29, 0.717) is 39.4 Å². The fourth-order valence-corrected chi connectivity index (χ4v) is 4.37. The Morgan fingerprint density at radius 2 is 1.73 bits per heavy atom. The molecule has 5 aromatic rings. The zero-order valence-corrected chi connectivity index (χ0v) is 24.3. The predicted molar refractivity (Wildman–Crippen MR) is 164 cm³/mol. The first-order valence-corrected chi connectivity index (χ1v) is 13.8. The van der Waals surface area contributed by atoms with Crippen molar-refractivity contribution < 1.29 is 32.6 Å². The summed E-state index contributed by atoms with van der Waals surface area (Å²) in [4.78, 5) is 44.2. The van der Waals surface area contributed by atoms with Crippen molar-refractivity contribution in [3.05, 3.63) is 125 Å². The summed E-state index contributed by atoms with van der Waals surface area (Å²) in [6.07, 6.45) is 2.95. The Bertz CT molecular complexity index is 1910. The van der Waals surface area contributed by atoms with Gasteiger partial charge in [-0.25, -0.2) is 18.6 Å². The number of nitrogens with one attached hydrogen (secondary N) is 3. The second kappa shape index (κ2) is 13.6. The van der Waals surface area contributed by atoms with E-state index >= 15 is 0 Å². The van der Waals surface area contributed by atoms with Gasteiger partial charge in [-0.3, -0.25) is 14.9 Å². The fraction of sp³-hybridized carbons (Fsp3) is 0.118. The summed E-state index contributed by atoms with van der Waals surface area (Å²) in [6.45, 7) is 3.86. The van der Waals surface area contributed by atoms with Crippen LogP contribution in [-0.2, 0) is 17.8 Å². The van der Waals surface area contributed by atoms with Gasteiger partial charge in [-0.1, -0.05) is 29.8 Å². The molecule has 0 aliphatic rings. The van der Waals surface area contributed by atoms with Crippen LogP contribution in [0.4, 0.5) is 19.3 Å². The molecule has 3 N–H and O–H groups in total. The summed E-state index contributed by atoms with van der Waals surface area (Å²) in [6, 6.07) is 18.6. The van der Waals surface area contributed by atoms with E-state index in [-0.39, 0.29) is 30.2 Å². The number of aromatic nitrogens is 2. The molecule has 0 aliphatic carbocycles. The number of rotatable bonds is 10. The molecule has 0 bridgehead atoms. The van der Waals surface area contributed by atoms with Gasteiger partial charge in [0.2, 0.25) is 5.91 Å². The van der Waals surface area contributed by atoms with Crippen LogP contribution in [0.5, 0.6) is 17.2 Å². The fourth-order valence-electron chi connectivity index (χ4n) is 4.37. The molecule has 3 aromatic carbocycles. The van der Waals surface area contributed by atoms with Crippen LogP contribution in [-0.4, -0.2) is 27.7 Å². The average Bonchev–Trinajstić information content (AvgIpc) is 3.42. The molecule has 0 radical (unpaired) electrons. The van der Waals surface area contributed by atoms with Gasteiger partial charge in [0.05, 0.1) is 17.5 Å². The van der Waals surface area contributed by atoms with Crippen LogP contribution in [0.1, 0.15) is 35.5 Å². The van der Waals surface area contributed by atoms with Crippen molar-refractivity contribution in [2.45, 2.75) is 26.9 Å². The van der Waals surface area contributed by atoms with Crippen LogP contribution in [0.2, 0.25) is 0 Å². The van der Waals surface area contributed by atoms with Crippen molar-refractivity contribution in [1.82, 2.24) is 15.3 Å². The summed E-state index contributed by atoms with van der Waals surface area (Å²) in [5, 5.41) is 5.14.